The average Bonchev–Trinajstić information content (AvgIpc) is 2.57. The Morgan fingerprint density at radius 3 is 2.44 bits per heavy atom. The summed E-state index contributed by atoms with van der Waals surface area (Å²) in [7, 11) is 0. The maximum atomic E-state index is 3.65. The van der Waals surface area contributed by atoms with E-state index >= 15 is 0 Å². The highest BCUT2D eigenvalue weighted by atomic mass is 15.2. The van der Waals surface area contributed by atoms with E-state index in [-0.39, 0.29) is 0 Å². The van der Waals surface area contributed by atoms with Gasteiger partial charge in [0, 0.05) is 18.6 Å². The minimum Gasteiger partial charge on any atom is -0.316 e. The van der Waals surface area contributed by atoms with Crippen LogP contribution in [0.3, 0.4) is 0 Å². The molecule has 0 saturated carbocycles. The molecule has 1 atom stereocenters. The number of nitrogens with zero attached hydrogens (tertiary/aromatic N) is 1. The topological polar surface area (TPSA) is 15.3 Å². The summed E-state index contributed by atoms with van der Waals surface area (Å²) in [6, 6.07) is 0. The zero-order chi connectivity index (χ0) is 13.8. The molecule has 1 aliphatic heterocycles. The molecule has 1 aliphatic rings. The molecule has 1 rings (SSSR count). The van der Waals surface area contributed by atoms with E-state index in [1.165, 1.54) is 32.4 Å². The Balaban J connectivity index is 2.48. The fourth-order valence-electron chi connectivity index (χ4n) is 2.87. The van der Waals surface area contributed by atoms with Gasteiger partial charge < -0.3 is 5.32 Å². The highest BCUT2D eigenvalue weighted by molar-refractivity contribution is 4.92. The lowest BCUT2D eigenvalue weighted by atomic mass is 9.85. The van der Waals surface area contributed by atoms with Crippen LogP contribution in [-0.2, 0) is 0 Å². The zero-order valence-electron chi connectivity index (χ0n) is 13.5. The molecule has 1 heterocycles. The molecule has 1 saturated heterocycles. The van der Waals surface area contributed by atoms with Crippen molar-refractivity contribution in [1.82, 2.24) is 10.2 Å². The Bertz CT molecular complexity index is 247. The maximum absolute atomic E-state index is 3.65. The Morgan fingerprint density at radius 2 is 2.00 bits per heavy atom. The van der Waals surface area contributed by atoms with Crippen LogP contribution >= 0.6 is 0 Å². The number of rotatable bonds is 7. The van der Waals surface area contributed by atoms with Gasteiger partial charge >= 0.3 is 0 Å². The predicted molar refractivity (Wildman–Crippen MR) is 81.0 cm³/mol. The van der Waals surface area contributed by atoms with E-state index in [2.05, 4.69) is 51.8 Å². The lowest BCUT2D eigenvalue weighted by Gasteiger charge is -2.40. The summed E-state index contributed by atoms with van der Waals surface area (Å²) < 4.78 is 0. The molecule has 0 aromatic heterocycles. The molecule has 1 N–H and O–H groups in total. The normalized spacial score (nSPS) is 23.5. The van der Waals surface area contributed by atoms with Crippen molar-refractivity contribution in [1.29, 1.82) is 0 Å². The quantitative estimate of drug-likeness (QED) is 0.748. The van der Waals surface area contributed by atoms with E-state index < -0.39 is 0 Å². The molecule has 18 heavy (non-hydrogen) atoms. The molecule has 0 spiro atoms. The van der Waals surface area contributed by atoms with Crippen molar-refractivity contribution in [3.05, 3.63) is 0 Å². The highest BCUT2D eigenvalue weighted by Gasteiger charge is 2.36. The first kappa shape index (κ1) is 16.0. The molecular formula is C16H34N2. The van der Waals surface area contributed by atoms with Crippen LogP contribution in [-0.4, -0.2) is 36.6 Å². The van der Waals surface area contributed by atoms with Crippen molar-refractivity contribution in [2.24, 2.45) is 11.3 Å². The minimum absolute atomic E-state index is 0.411. The largest absolute Gasteiger partial charge is 0.316 e. The van der Waals surface area contributed by atoms with E-state index in [1.54, 1.807) is 0 Å². The first-order chi connectivity index (χ1) is 8.29. The van der Waals surface area contributed by atoms with Gasteiger partial charge in [0.2, 0.25) is 0 Å². The standard InChI is InChI=1S/C16H34N2/c1-7-16(6,12-17-11-14(2)3)13-18-10-8-9-15(18,4)5/h14,17H,7-13H2,1-6H3. The molecule has 0 aromatic rings. The van der Waals surface area contributed by atoms with E-state index in [0.29, 0.717) is 11.0 Å². The van der Waals surface area contributed by atoms with Gasteiger partial charge in [0.25, 0.3) is 0 Å². The second-order valence-corrected chi connectivity index (χ2v) is 7.53. The summed E-state index contributed by atoms with van der Waals surface area (Å²) in [6.45, 7) is 18.9. The first-order valence-electron chi connectivity index (χ1n) is 7.75. The summed E-state index contributed by atoms with van der Waals surface area (Å²) in [5, 5.41) is 3.65. The molecule has 0 bridgehead atoms. The summed E-state index contributed by atoms with van der Waals surface area (Å²) in [4.78, 5) is 2.70. The fraction of sp³-hybridized carbons (Fsp3) is 1.00. The zero-order valence-corrected chi connectivity index (χ0v) is 13.5. The van der Waals surface area contributed by atoms with Gasteiger partial charge in [-0.15, -0.1) is 0 Å². The Morgan fingerprint density at radius 1 is 1.33 bits per heavy atom. The van der Waals surface area contributed by atoms with Crippen LogP contribution in [0.25, 0.3) is 0 Å². The van der Waals surface area contributed by atoms with Gasteiger partial charge in [0.15, 0.2) is 0 Å². The number of likely N-dealkylation sites (tertiary alicyclic amines) is 1. The van der Waals surface area contributed by atoms with E-state index in [1.807, 2.05) is 0 Å². The highest BCUT2D eigenvalue weighted by Crippen LogP contribution is 2.32. The fourth-order valence-corrected chi connectivity index (χ4v) is 2.87. The van der Waals surface area contributed by atoms with Gasteiger partial charge in [-0.2, -0.15) is 0 Å². The molecule has 1 fully saturated rings. The molecule has 2 nitrogen and oxygen atoms in total. The Kier molecular flexibility index (Phi) is 5.67. The van der Waals surface area contributed by atoms with Crippen molar-refractivity contribution in [2.75, 3.05) is 26.2 Å². The second kappa shape index (κ2) is 6.38. The SMILES string of the molecule is CCC(C)(CNCC(C)C)CN1CCCC1(C)C. The molecule has 0 radical (unpaired) electrons. The molecule has 0 amide bonds. The second-order valence-electron chi connectivity index (χ2n) is 7.53. The Hall–Kier alpha value is -0.0800. The van der Waals surface area contributed by atoms with Crippen molar-refractivity contribution in [3.8, 4) is 0 Å². The van der Waals surface area contributed by atoms with E-state index in [9.17, 15) is 0 Å². The van der Waals surface area contributed by atoms with Gasteiger partial charge in [-0.05, 0) is 57.5 Å². The van der Waals surface area contributed by atoms with Crippen molar-refractivity contribution >= 4 is 0 Å². The number of hydrogen-bond donors (Lipinski definition) is 1. The third-order valence-electron chi connectivity index (χ3n) is 4.60. The average molecular weight is 254 g/mol. The van der Waals surface area contributed by atoms with Gasteiger partial charge in [-0.25, -0.2) is 0 Å². The third kappa shape index (κ3) is 4.55. The van der Waals surface area contributed by atoms with Crippen LogP contribution in [0.5, 0.6) is 0 Å². The summed E-state index contributed by atoms with van der Waals surface area (Å²) in [5.74, 6) is 0.745. The van der Waals surface area contributed by atoms with Gasteiger partial charge in [-0.3, -0.25) is 4.90 Å². The molecule has 0 aliphatic carbocycles. The minimum atomic E-state index is 0.411. The number of hydrogen-bond acceptors (Lipinski definition) is 2. The summed E-state index contributed by atoms with van der Waals surface area (Å²) in [5.41, 5.74) is 0.824. The molecular weight excluding hydrogens is 220 g/mol. The number of nitrogens with one attached hydrogen (secondary N) is 1. The summed E-state index contributed by atoms with van der Waals surface area (Å²) >= 11 is 0. The van der Waals surface area contributed by atoms with Crippen molar-refractivity contribution < 1.29 is 0 Å². The monoisotopic (exact) mass is 254 g/mol. The maximum Gasteiger partial charge on any atom is 0.0153 e. The van der Waals surface area contributed by atoms with Gasteiger partial charge in [0.05, 0.1) is 0 Å². The van der Waals surface area contributed by atoms with Crippen LogP contribution in [0.2, 0.25) is 0 Å². The summed E-state index contributed by atoms with van der Waals surface area (Å²) in [6.07, 6.45) is 3.98. The van der Waals surface area contributed by atoms with Crippen LogP contribution in [0, 0.1) is 11.3 Å². The third-order valence-corrected chi connectivity index (χ3v) is 4.60. The lowest BCUT2D eigenvalue weighted by Crippen LogP contribution is -2.48. The molecule has 0 aromatic carbocycles. The van der Waals surface area contributed by atoms with E-state index in [4.69, 9.17) is 0 Å². The van der Waals surface area contributed by atoms with Gasteiger partial charge in [0.1, 0.15) is 0 Å². The molecule has 108 valence electrons. The lowest BCUT2D eigenvalue weighted by molar-refractivity contribution is 0.0998. The van der Waals surface area contributed by atoms with Crippen LogP contribution in [0.15, 0.2) is 0 Å². The van der Waals surface area contributed by atoms with Crippen molar-refractivity contribution in [3.63, 3.8) is 0 Å². The Labute approximate surface area is 115 Å². The predicted octanol–water partition coefficient (Wildman–Crippen LogP) is 3.52. The first-order valence-corrected chi connectivity index (χ1v) is 7.75. The van der Waals surface area contributed by atoms with Crippen LogP contribution in [0.1, 0.15) is 60.8 Å². The molecule has 2 heteroatoms. The van der Waals surface area contributed by atoms with Crippen molar-refractivity contribution in [2.45, 2.75) is 66.3 Å². The van der Waals surface area contributed by atoms with E-state index in [0.717, 1.165) is 19.0 Å². The van der Waals surface area contributed by atoms with Crippen LogP contribution in [0.4, 0.5) is 0 Å². The van der Waals surface area contributed by atoms with Gasteiger partial charge in [-0.1, -0.05) is 27.7 Å². The smallest absolute Gasteiger partial charge is 0.0153 e. The van der Waals surface area contributed by atoms with Crippen LogP contribution < -0.4 is 5.32 Å². The molecule has 1 unspecified atom stereocenters.